The van der Waals surface area contributed by atoms with E-state index in [0.717, 1.165) is 0 Å². The lowest BCUT2D eigenvalue weighted by atomic mass is 10.0. The van der Waals surface area contributed by atoms with Crippen LogP contribution in [0.1, 0.15) is 61.0 Å². The Bertz CT molecular complexity index is 1060. The molecule has 2 heterocycles. The quantitative estimate of drug-likeness (QED) is 0.427. The number of anilines is 3. The minimum absolute atomic E-state index is 0.442. The molecule has 0 unspecified atom stereocenters. The molecule has 0 saturated carbocycles. The van der Waals surface area contributed by atoms with Crippen molar-refractivity contribution >= 4 is 23.1 Å². The van der Waals surface area contributed by atoms with Gasteiger partial charge in [0.05, 0.1) is 11.4 Å². The molecule has 2 aliphatic rings. The molecule has 4 rings (SSSR count). The highest BCUT2D eigenvalue weighted by molar-refractivity contribution is 5.82. The lowest BCUT2D eigenvalue weighted by Crippen LogP contribution is -2.31. The van der Waals surface area contributed by atoms with Crippen LogP contribution in [0.3, 0.4) is 0 Å². The molecule has 2 aliphatic heterocycles. The Morgan fingerprint density at radius 1 is 0.639 bits per heavy atom. The molecule has 0 saturated heterocycles. The van der Waals surface area contributed by atoms with Gasteiger partial charge in [-0.05, 0) is 69.7 Å². The summed E-state index contributed by atoms with van der Waals surface area (Å²) in [6.45, 7) is 24.4. The van der Waals surface area contributed by atoms with Crippen LogP contribution in [-0.4, -0.2) is 19.1 Å². The Hall–Kier alpha value is -3.46. The van der Waals surface area contributed by atoms with Crippen LogP contribution in [0.2, 0.25) is 0 Å². The van der Waals surface area contributed by atoms with Gasteiger partial charge in [0.15, 0.2) is 0 Å². The van der Waals surface area contributed by atoms with Crippen LogP contribution in [0.4, 0.5) is 17.1 Å². The molecule has 0 spiro atoms. The number of rotatable bonds is 4. The van der Waals surface area contributed by atoms with Crippen LogP contribution in [0, 0.1) is 0 Å². The number of nitrogens with zero attached hydrogens (tertiary/aromatic N) is 3. The number of hydrogen-bond donors (Lipinski definition) is 0. The number of hydrogen-bond acceptors (Lipinski definition) is 3. The summed E-state index contributed by atoms with van der Waals surface area (Å²) in [4.78, 5) is 6.87. The van der Waals surface area contributed by atoms with Gasteiger partial charge in [-0.2, -0.15) is 0 Å². The fourth-order valence-electron chi connectivity index (χ4n) is 4.28. The first-order chi connectivity index (χ1) is 17.4. The summed E-state index contributed by atoms with van der Waals surface area (Å²) >= 11 is 0. The maximum atomic E-state index is 3.79. The van der Waals surface area contributed by atoms with Crippen molar-refractivity contribution in [2.75, 3.05) is 21.7 Å². The molecule has 0 aromatic heterocycles. The normalized spacial score (nSPS) is 15.4. The largest absolute Gasteiger partial charge is 0.338 e. The molecule has 36 heavy (non-hydrogen) atoms. The highest BCUT2D eigenvalue weighted by Gasteiger charge is 2.29. The lowest BCUT2D eigenvalue weighted by molar-refractivity contribution is 0.757. The minimum Gasteiger partial charge on any atom is -0.338 e. The van der Waals surface area contributed by atoms with Gasteiger partial charge in [-0.3, -0.25) is 0 Å². The molecule has 194 valence electrons. The van der Waals surface area contributed by atoms with Crippen molar-refractivity contribution < 1.29 is 0 Å². The lowest BCUT2D eigenvalue weighted by Gasteiger charge is -2.33. The fraction of sp³-hybridized carbons (Fsp3) is 0.333. The first-order valence-corrected chi connectivity index (χ1v) is 13.2. The number of para-hydroxylation sites is 3. The van der Waals surface area contributed by atoms with Gasteiger partial charge >= 0.3 is 0 Å². The third kappa shape index (κ3) is 7.04. The van der Waals surface area contributed by atoms with Crippen molar-refractivity contribution in [2.45, 2.75) is 67.5 Å². The zero-order valence-corrected chi connectivity index (χ0v) is 24.0. The van der Waals surface area contributed by atoms with Crippen LogP contribution in [0.15, 0.2) is 104 Å². The monoisotopic (exact) mass is 485 g/mol. The van der Waals surface area contributed by atoms with E-state index in [4.69, 9.17) is 0 Å². The minimum atomic E-state index is 0.442. The van der Waals surface area contributed by atoms with Crippen molar-refractivity contribution in [3.63, 3.8) is 0 Å². The molecule has 0 atom stereocenters. The van der Waals surface area contributed by atoms with Crippen molar-refractivity contribution in [1.29, 1.82) is 0 Å². The summed E-state index contributed by atoms with van der Waals surface area (Å²) in [5, 5.41) is 0. The average molecular weight is 486 g/mol. The molecule has 0 N–H and O–H groups in total. The van der Waals surface area contributed by atoms with E-state index in [9.17, 15) is 0 Å². The summed E-state index contributed by atoms with van der Waals surface area (Å²) in [7, 11) is 2.09. The van der Waals surface area contributed by atoms with Gasteiger partial charge in [0.2, 0.25) is 0 Å². The van der Waals surface area contributed by atoms with Gasteiger partial charge in [0, 0.05) is 30.5 Å². The summed E-state index contributed by atoms with van der Waals surface area (Å²) in [5.41, 5.74) is 6.27. The van der Waals surface area contributed by atoms with Crippen molar-refractivity contribution in [3.8, 4) is 0 Å². The molecule has 0 fully saturated rings. The summed E-state index contributed by atoms with van der Waals surface area (Å²) in [5.74, 6) is 1.19. The SMILES string of the molecule is C=C/C=C1\C=Cc2ccccc2N1C(C)C.C=C/C=C1\N(C)c2ccccc2N1C(C)C.CC.CC. The van der Waals surface area contributed by atoms with Gasteiger partial charge in [-0.25, -0.2) is 0 Å². The highest BCUT2D eigenvalue weighted by atomic mass is 15.4. The molecular weight excluding hydrogens is 438 g/mol. The van der Waals surface area contributed by atoms with E-state index in [1.165, 1.54) is 34.1 Å². The maximum Gasteiger partial charge on any atom is 0.113 e. The highest BCUT2D eigenvalue weighted by Crippen LogP contribution is 2.41. The zero-order valence-electron chi connectivity index (χ0n) is 24.0. The van der Waals surface area contributed by atoms with Gasteiger partial charge in [-0.1, -0.05) is 89.4 Å². The first kappa shape index (κ1) is 30.6. The number of fused-ring (bicyclic) bond motifs is 2. The van der Waals surface area contributed by atoms with Crippen LogP contribution in [0.5, 0.6) is 0 Å². The topological polar surface area (TPSA) is 9.72 Å². The number of benzene rings is 2. The van der Waals surface area contributed by atoms with Crippen molar-refractivity contribution in [2.24, 2.45) is 0 Å². The van der Waals surface area contributed by atoms with E-state index >= 15 is 0 Å². The van der Waals surface area contributed by atoms with Crippen LogP contribution in [0.25, 0.3) is 6.08 Å². The Morgan fingerprint density at radius 3 is 1.67 bits per heavy atom. The summed E-state index contributed by atoms with van der Waals surface area (Å²) < 4.78 is 0. The molecule has 0 radical (unpaired) electrons. The second-order valence-electron chi connectivity index (χ2n) is 8.46. The second kappa shape index (κ2) is 15.5. The molecule has 2 aromatic carbocycles. The smallest absolute Gasteiger partial charge is 0.113 e. The van der Waals surface area contributed by atoms with Crippen LogP contribution < -0.4 is 14.7 Å². The Labute approximate surface area is 221 Å². The van der Waals surface area contributed by atoms with Crippen LogP contribution >= 0.6 is 0 Å². The summed E-state index contributed by atoms with van der Waals surface area (Å²) in [6, 6.07) is 17.8. The first-order valence-electron chi connectivity index (χ1n) is 13.2. The maximum absolute atomic E-state index is 3.79. The van der Waals surface area contributed by atoms with E-state index < -0.39 is 0 Å². The standard InChI is InChI=1S/C15H17N.C14H18N2.2C2H6/c1-4-7-14-11-10-13-8-5-6-9-15(13)16(14)12(2)3;1-5-8-14-15(4)12-9-6-7-10-13(12)16(14)11(2)3;2*1-2/h4-12H,1H2,2-3H3;5-11H,1H2,2-4H3;2*1-2H3/b14-7+;14-8+;;. The average Bonchev–Trinajstić information content (AvgIpc) is 3.18. The third-order valence-electron chi connectivity index (χ3n) is 5.59. The fourth-order valence-corrected chi connectivity index (χ4v) is 4.28. The molecule has 3 heteroatoms. The third-order valence-corrected chi connectivity index (χ3v) is 5.59. The van der Waals surface area contributed by atoms with E-state index in [1.807, 2.05) is 45.9 Å². The zero-order chi connectivity index (χ0) is 27.3. The van der Waals surface area contributed by atoms with Crippen molar-refractivity contribution in [1.82, 2.24) is 0 Å². The molecule has 2 aromatic rings. The van der Waals surface area contributed by atoms with Gasteiger partial charge in [0.1, 0.15) is 5.82 Å². The second-order valence-corrected chi connectivity index (χ2v) is 8.46. The molecular formula is C33H47N3. The number of allylic oxidation sites excluding steroid dienone is 5. The van der Waals surface area contributed by atoms with Gasteiger partial charge < -0.3 is 14.7 Å². The van der Waals surface area contributed by atoms with Crippen LogP contribution in [-0.2, 0) is 0 Å². The van der Waals surface area contributed by atoms with E-state index in [2.05, 4.69) is 129 Å². The molecule has 0 bridgehead atoms. The summed E-state index contributed by atoms with van der Waals surface area (Å²) in [6.07, 6.45) is 12.1. The Balaban J connectivity index is 0.000000317. The molecule has 3 nitrogen and oxygen atoms in total. The predicted octanol–water partition coefficient (Wildman–Crippen LogP) is 9.43. The van der Waals surface area contributed by atoms with E-state index in [0.29, 0.717) is 12.1 Å². The Morgan fingerprint density at radius 2 is 1.14 bits per heavy atom. The van der Waals surface area contributed by atoms with Crippen molar-refractivity contribution in [3.05, 3.63) is 109 Å². The van der Waals surface area contributed by atoms with Gasteiger partial charge in [0.25, 0.3) is 0 Å². The van der Waals surface area contributed by atoms with E-state index in [1.54, 1.807) is 0 Å². The van der Waals surface area contributed by atoms with Gasteiger partial charge in [-0.15, -0.1) is 0 Å². The van der Waals surface area contributed by atoms with E-state index in [-0.39, 0.29) is 0 Å². The molecule has 0 amide bonds. The predicted molar refractivity (Wildman–Crippen MR) is 165 cm³/mol. The molecule has 0 aliphatic carbocycles. The Kier molecular flexibility index (Phi) is 13.2.